The van der Waals surface area contributed by atoms with Gasteiger partial charge in [-0.05, 0) is 6.92 Å². The molecule has 1 aromatic rings. The molecule has 1 amide bonds. The molecule has 1 rings (SSSR count). The molecule has 0 aliphatic carbocycles. The van der Waals surface area contributed by atoms with Crippen molar-refractivity contribution < 1.29 is 14.7 Å². The molecule has 7 heteroatoms. The van der Waals surface area contributed by atoms with Crippen molar-refractivity contribution in [2.75, 3.05) is 5.43 Å². The number of nitrogens with zero attached hydrogens (tertiary/aromatic N) is 3. The van der Waals surface area contributed by atoms with Crippen molar-refractivity contribution in [3.63, 3.8) is 0 Å². The average molecular weight is 196 g/mol. The molecule has 0 saturated carbocycles. The van der Waals surface area contributed by atoms with Crippen molar-refractivity contribution in [3.8, 4) is 0 Å². The van der Waals surface area contributed by atoms with Crippen LogP contribution in [0, 0.1) is 0 Å². The SMILES string of the molecule is C/C(=C\C(=O)Nn1cnnc1)C(=O)O. The molecule has 0 unspecified atom stereocenters. The van der Waals surface area contributed by atoms with E-state index < -0.39 is 11.9 Å². The quantitative estimate of drug-likeness (QED) is 0.628. The summed E-state index contributed by atoms with van der Waals surface area (Å²) in [6.45, 7) is 1.33. The van der Waals surface area contributed by atoms with Gasteiger partial charge in [0.15, 0.2) is 0 Å². The number of carbonyl (C=O) groups is 2. The molecular formula is C7H8N4O3. The van der Waals surface area contributed by atoms with Crippen LogP contribution in [0.15, 0.2) is 24.3 Å². The molecule has 7 nitrogen and oxygen atoms in total. The van der Waals surface area contributed by atoms with Crippen LogP contribution in [0.4, 0.5) is 0 Å². The lowest BCUT2D eigenvalue weighted by Crippen LogP contribution is -2.20. The Morgan fingerprint density at radius 1 is 1.43 bits per heavy atom. The van der Waals surface area contributed by atoms with E-state index in [4.69, 9.17) is 5.11 Å². The minimum absolute atomic E-state index is 0.0458. The molecule has 0 saturated heterocycles. The van der Waals surface area contributed by atoms with Gasteiger partial charge in [0.2, 0.25) is 0 Å². The number of hydrogen-bond donors (Lipinski definition) is 2. The van der Waals surface area contributed by atoms with Gasteiger partial charge in [0, 0.05) is 11.6 Å². The van der Waals surface area contributed by atoms with Crippen LogP contribution in [0.25, 0.3) is 0 Å². The van der Waals surface area contributed by atoms with E-state index in [0.717, 1.165) is 6.08 Å². The van der Waals surface area contributed by atoms with Crippen molar-refractivity contribution >= 4 is 11.9 Å². The highest BCUT2D eigenvalue weighted by Crippen LogP contribution is 1.91. The molecule has 1 heterocycles. The maximum atomic E-state index is 11.1. The summed E-state index contributed by atoms with van der Waals surface area (Å²) < 4.78 is 1.22. The van der Waals surface area contributed by atoms with Crippen LogP contribution in [0.2, 0.25) is 0 Å². The van der Waals surface area contributed by atoms with Crippen molar-refractivity contribution in [3.05, 3.63) is 24.3 Å². The largest absolute Gasteiger partial charge is 0.478 e. The fraction of sp³-hybridized carbons (Fsp3) is 0.143. The van der Waals surface area contributed by atoms with Gasteiger partial charge < -0.3 is 5.11 Å². The Kier molecular flexibility index (Phi) is 2.95. The van der Waals surface area contributed by atoms with Gasteiger partial charge in [-0.3, -0.25) is 10.2 Å². The van der Waals surface area contributed by atoms with E-state index in [-0.39, 0.29) is 5.57 Å². The van der Waals surface area contributed by atoms with E-state index >= 15 is 0 Å². The number of aliphatic carboxylic acids is 1. The van der Waals surface area contributed by atoms with Crippen molar-refractivity contribution in [2.45, 2.75) is 6.92 Å². The minimum atomic E-state index is -1.14. The highest BCUT2D eigenvalue weighted by atomic mass is 16.4. The number of carbonyl (C=O) groups excluding carboxylic acids is 1. The topological polar surface area (TPSA) is 97.1 Å². The van der Waals surface area contributed by atoms with E-state index in [9.17, 15) is 9.59 Å². The number of amides is 1. The van der Waals surface area contributed by atoms with E-state index in [2.05, 4.69) is 15.6 Å². The average Bonchev–Trinajstić information content (AvgIpc) is 2.56. The molecule has 0 atom stereocenters. The van der Waals surface area contributed by atoms with Crippen LogP contribution in [0.3, 0.4) is 0 Å². The summed E-state index contributed by atoms with van der Waals surface area (Å²) in [5.74, 6) is -1.69. The number of carboxylic acid groups (broad SMARTS) is 1. The standard InChI is InChI=1S/C7H8N4O3/c1-5(7(13)14)2-6(12)10-11-3-8-9-4-11/h2-4H,1H3,(H,10,12)(H,13,14)/b5-2+. The molecule has 74 valence electrons. The van der Waals surface area contributed by atoms with Gasteiger partial charge in [-0.1, -0.05) is 0 Å². The van der Waals surface area contributed by atoms with Gasteiger partial charge in [0.25, 0.3) is 5.91 Å². The Hall–Kier alpha value is -2.18. The fourth-order valence-corrected chi connectivity index (χ4v) is 0.676. The first-order chi connectivity index (χ1) is 6.59. The first kappa shape index (κ1) is 9.90. The van der Waals surface area contributed by atoms with E-state index in [1.54, 1.807) is 0 Å². The van der Waals surface area contributed by atoms with E-state index in [0.29, 0.717) is 0 Å². The van der Waals surface area contributed by atoms with Crippen LogP contribution < -0.4 is 5.43 Å². The first-order valence-electron chi connectivity index (χ1n) is 3.67. The second-order valence-electron chi connectivity index (χ2n) is 2.48. The van der Waals surface area contributed by atoms with Crippen molar-refractivity contribution in [1.82, 2.24) is 14.9 Å². The number of carboxylic acids is 1. The van der Waals surface area contributed by atoms with Gasteiger partial charge in [0.1, 0.15) is 12.7 Å². The third-order valence-electron chi connectivity index (χ3n) is 1.34. The van der Waals surface area contributed by atoms with Crippen molar-refractivity contribution in [2.24, 2.45) is 0 Å². The highest BCUT2D eigenvalue weighted by Gasteiger charge is 2.03. The molecule has 0 bridgehead atoms. The summed E-state index contributed by atoms with van der Waals surface area (Å²) in [6.07, 6.45) is 3.53. The zero-order chi connectivity index (χ0) is 10.6. The maximum Gasteiger partial charge on any atom is 0.331 e. The van der Waals surface area contributed by atoms with Gasteiger partial charge in [-0.15, -0.1) is 10.2 Å². The fourth-order valence-electron chi connectivity index (χ4n) is 0.676. The second kappa shape index (κ2) is 4.17. The molecule has 0 aromatic carbocycles. The molecule has 1 aromatic heterocycles. The minimum Gasteiger partial charge on any atom is -0.478 e. The van der Waals surface area contributed by atoms with Gasteiger partial charge >= 0.3 is 5.97 Å². The normalized spacial score (nSPS) is 11.1. The zero-order valence-corrected chi connectivity index (χ0v) is 7.34. The van der Waals surface area contributed by atoms with E-state index in [1.807, 2.05) is 0 Å². The highest BCUT2D eigenvalue weighted by molar-refractivity contribution is 6.00. The number of aromatic nitrogens is 3. The third kappa shape index (κ3) is 2.70. The summed E-state index contributed by atoms with van der Waals surface area (Å²) >= 11 is 0. The molecule has 0 fully saturated rings. The maximum absolute atomic E-state index is 11.1. The van der Waals surface area contributed by atoms with Gasteiger partial charge in [-0.25, -0.2) is 9.47 Å². The zero-order valence-electron chi connectivity index (χ0n) is 7.34. The monoisotopic (exact) mass is 196 g/mol. The smallest absolute Gasteiger partial charge is 0.331 e. The van der Waals surface area contributed by atoms with Gasteiger partial charge in [0.05, 0.1) is 0 Å². The summed E-state index contributed by atoms with van der Waals surface area (Å²) in [5, 5.41) is 15.4. The summed E-state index contributed by atoms with van der Waals surface area (Å²) in [6, 6.07) is 0. The van der Waals surface area contributed by atoms with Crippen LogP contribution >= 0.6 is 0 Å². The van der Waals surface area contributed by atoms with Gasteiger partial charge in [-0.2, -0.15) is 0 Å². The summed E-state index contributed by atoms with van der Waals surface area (Å²) in [4.78, 5) is 21.5. The number of hydrogen-bond acceptors (Lipinski definition) is 4. The molecule has 0 aliphatic rings. The van der Waals surface area contributed by atoms with Crippen LogP contribution in [0.1, 0.15) is 6.92 Å². The number of rotatable bonds is 3. The van der Waals surface area contributed by atoms with Crippen LogP contribution in [-0.4, -0.2) is 31.9 Å². The lowest BCUT2D eigenvalue weighted by Gasteiger charge is -2.00. The predicted octanol–water partition coefficient (Wildman–Crippen LogP) is -0.621. The molecular weight excluding hydrogens is 188 g/mol. The van der Waals surface area contributed by atoms with Crippen molar-refractivity contribution in [1.29, 1.82) is 0 Å². The lowest BCUT2D eigenvalue weighted by atomic mass is 10.3. The Balaban J connectivity index is 2.60. The summed E-state index contributed by atoms with van der Waals surface area (Å²) in [5.41, 5.74) is 2.27. The molecule has 0 aliphatic heterocycles. The van der Waals surface area contributed by atoms with Crippen LogP contribution in [0.5, 0.6) is 0 Å². The Labute approximate surface area is 79.0 Å². The van der Waals surface area contributed by atoms with E-state index in [1.165, 1.54) is 24.3 Å². The second-order valence-corrected chi connectivity index (χ2v) is 2.48. The Bertz CT molecular complexity index is 368. The first-order valence-corrected chi connectivity index (χ1v) is 3.67. The van der Waals surface area contributed by atoms with Crippen LogP contribution in [-0.2, 0) is 9.59 Å². The Morgan fingerprint density at radius 3 is 2.50 bits per heavy atom. The molecule has 0 radical (unpaired) electrons. The predicted molar refractivity (Wildman–Crippen MR) is 45.8 cm³/mol. The summed E-state index contributed by atoms with van der Waals surface area (Å²) in [7, 11) is 0. The third-order valence-corrected chi connectivity index (χ3v) is 1.34. The molecule has 0 spiro atoms. The number of nitrogens with one attached hydrogen (secondary N) is 1. The Morgan fingerprint density at radius 2 is 2.00 bits per heavy atom. The molecule has 2 N–H and O–H groups in total. The molecule has 14 heavy (non-hydrogen) atoms. The lowest BCUT2D eigenvalue weighted by molar-refractivity contribution is -0.132.